The maximum absolute atomic E-state index is 13.3. The zero-order valence-corrected chi connectivity index (χ0v) is 8.86. The maximum atomic E-state index is 13.3. The average Bonchev–Trinajstić information content (AvgIpc) is 2.30. The molecule has 0 bridgehead atoms. The highest BCUT2D eigenvalue weighted by Gasteiger charge is 2.03. The van der Waals surface area contributed by atoms with Crippen molar-refractivity contribution in [3.63, 3.8) is 0 Å². The van der Waals surface area contributed by atoms with Crippen LogP contribution in [0.3, 0.4) is 0 Å². The van der Waals surface area contributed by atoms with Gasteiger partial charge in [-0.15, -0.1) is 0 Å². The van der Waals surface area contributed by atoms with Crippen molar-refractivity contribution in [1.82, 2.24) is 4.98 Å². The van der Waals surface area contributed by atoms with E-state index in [4.69, 9.17) is 5.73 Å². The summed E-state index contributed by atoms with van der Waals surface area (Å²) < 4.78 is 13.3. The summed E-state index contributed by atoms with van der Waals surface area (Å²) in [5, 5.41) is 0. The predicted octanol–water partition coefficient (Wildman–Crippen LogP) is 2.59. The molecule has 1 aromatic heterocycles. The topological polar surface area (TPSA) is 38.9 Å². The van der Waals surface area contributed by atoms with Crippen molar-refractivity contribution < 1.29 is 4.39 Å². The maximum Gasteiger partial charge on any atom is 0.126 e. The molecule has 0 spiro atoms. The van der Waals surface area contributed by atoms with Crippen molar-refractivity contribution >= 4 is 5.82 Å². The Bertz CT molecular complexity index is 437. The number of anilines is 1. The Kier molecular flexibility index (Phi) is 3.15. The molecule has 0 aliphatic heterocycles. The molecular formula is C13H13FN2. The molecular weight excluding hydrogens is 203 g/mol. The third-order valence-corrected chi connectivity index (χ3v) is 2.55. The summed E-state index contributed by atoms with van der Waals surface area (Å²) in [5.74, 6) is 0.365. The van der Waals surface area contributed by atoms with Gasteiger partial charge in [-0.1, -0.05) is 24.3 Å². The van der Waals surface area contributed by atoms with Gasteiger partial charge in [0.15, 0.2) is 0 Å². The van der Waals surface area contributed by atoms with Crippen LogP contribution in [0.1, 0.15) is 11.1 Å². The van der Waals surface area contributed by atoms with Gasteiger partial charge in [0.25, 0.3) is 0 Å². The molecule has 2 aromatic rings. The van der Waals surface area contributed by atoms with Gasteiger partial charge in [0.05, 0.1) is 0 Å². The van der Waals surface area contributed by atoms with E-state index in [2.05, 4.69) is 4.98 Å². The first kappa shape index (κ1) is 10.6. The van der Waals surface area contributed by atoms with Crippen molar-refractivity contribution in [2.75, 3.05) is 5.73 Å². The van der Waals surface area contributed by atoms with Crippen molar-refractivity contribution in [3.05, 3.63) is 59.5 Å². The largest absolute Gasteiger partial charge is 0.383 e. The third-order valence-electron chi connectivity index (χ3n) is 2.55. The quantitative estimate of drug-likeness (QED) is 0.856. The number of halogens is 1. The number of aryl methyl sites for hydroxylation is 2. The van der Waals surface area contributed by atoms with Gasteiger partial charge in [0, 0.05) is 6.20 Å². The Morgan fingerprint density at radius 3 is 2.44 bits per heavy atom. The molecule has 0 atom stereocenters. The van der Waals surface area contributed by atoms with Gasteiger partial charge in [-0.25, -0.2) is 9.37 Å². The van der Waals surface area contributed by atoms with E-state index in [9.17, 15) is 4.39 Å². The molecule has 2 N–H and O–H groups in total. The average molecular weight is 216 g/mol. The summed E-state index contributed by atoms with van der Waals surface area (Å²) in [5.41, 5.74) is 7.40. The van der Waals surface area contributed by atoms with E-state index in [1.807, 2.05) is 18.2 Å². The first-order valence-electron chi connectivity index (χ1n) is 5.20. The third kappa shape index (κ3) is 2.37. The van der Waals surface area contributed by atoms with Crippen LogP contribution in [0.4, 0.5) is 10.2 Å². The number of pyridine rings is 1. The van der Waals surface area contributed by atoms with Crippen molar-refractivity contribution in [2.24, 2.45) is 0 Å². The minimum atomic E-state index is -0.162. The Hall–Kier alpha value is -1.90. The molecule has 1 aromatic carbocycles. The van der Waals surface area contributed by atoms with Crippen LogP contribution in [-0.2, 0) is 12.8 Å². The van der Waals surface area contributed by atoms with E-state index in [0.29, 0.717) is 24.2 Å². The molecule has 2 nitrogen and oxygen atoms in total. The monoisotopic (exact) mass is 216 g/mol. The molecule has 0 saturated carbocycles. The number of hydrogen-bond donors (Lipinski definition) is 1. The molecule has 16 heavy (non-hydrogen) atoms. The van der Waals surface area contributed by atoms with Crippen molar-refractivity contribution in [2.45, 2.75) is 12.8 Å². The molecule has 0 fully saturated rings. The zero-order chi connectivity index (χ0) is 11.4. The highest BCUT2D eigenvalue weighted by Crippen LogP contribution is 2.13. The van der Waals surface area contributed by atoms with Crippen molar-refractivity contribution in [3.8, 4) is 0 Å². The molecule has 0 amide bonds. The highest BCUT2D eigenvalue weighted by molar-refractivity contribution is 5.39. The Morgan fingerprint density at radius 1 is 1.00 bits per heavy atom. The van der Waals surface area contributed by atoms with E-state index >= 15 is 0 Å². The summed E-state index contributed by atoms with van der Waals surface area (Å²) in [6.45, 7) is 0. The van der Waals surface area contributed by atoms with Gasteiger partial charge in [-0.3, -0.25) is 0 Å². The fourth-order valence-electron chi connectivity index (χ4n) is 1.63. The molecule has 3 heteroatoms. The minimum Gasteiger partial charge on any atom is -0.383 e. The number of rotatable bonds is 3. The molecule has 0 radical (unpaired) electrons. The molecule has 82 valence electrons. The van der Waals surface area contributed by atoms with Gasteiger partial charge < -0.3 is 5.73 Å². The Balaban J connectivity index is 2.09. The minimum absolute atomic E-state index is 0.162. The van der Waals surface area contributed by atoms with Crippen molar-refractivity contribution in [1.29, 1.82) is 0 Å². The second-order valence-electron chi connectivity index (χ2n) is 3.64. The number of aromatic nitrogens is 1. The lowest BCUT2D eigenvalue weighted by Crippen LogP contribution is -2.00. The van der Waals surface area contributed by atoms with Gasteiger partial charge in [0.2, 0.25) is 0 Å². The molecule has 2 rings (SSSR count). The van der Waals surface area contributed by atoms with Crippen LogP contribution in [0, 0.1) is 5.82 Å². The van der Waals surface area contributed by atoms with Crippen LogP contribution < -0.4 is 5.73 Å². The van der Waals surface area contributed by atoms with Crippen LogP contribution in [0.5, 0.6) is 0 Å². The number of nitrogens with zero attached hydrogens (tertiary/aromatic N) is 1. The fourth-order valence-corrected chi connectivity index (χ4v) is 1.63. The van der Waals surface area contributed by atoms with Gasteiger partial charge in [0.1, 0.15) is 11.6 Å². The van der Waals surface area contributed by atoms with Crippen LogP contribution in [0.2, 0.25) is 0 Å². The number of nitrogen functional groups attached to an aromatic ring is 1. The van der Waals surface area contributed by atoms with Gasteiger partial charge in [-0.05, 0) is 36.1 Å². The van der Waals surface area contributed by atoms with E-state index < -0.39 is 0 Å². The molecule has 0 unspecified atom stereocenters. The zero-order valence-electron chi connectivity index (χ0n) is 8.86. The van der Waals surface area contributed by atoms with E-state index in [1.165, 1.54) is 6.07 Å². The number of benzene rings is 1. The van der Waals surface area contributed by atoms with Gasteiger partial charge >= 0.3 is 0 Å². The lowest BCUT2D eigenvalue weighted by Gasteiger charge is -2.05. The smallest absolute Gasteiger partial charge is 0.126 e. The van der Waals surface area contributed by atoms with Crippen LogP contribution in [0.25, 0.3) is 0 Å². The second-order valence-corrected chi connectivity index (χ2v) is 3.64. The first-order chi connectivity index (χ1) is 7.77. The number of hydrogen-bond acceptors (Lipinski definition) is 2. The summed E-state index contributed by atoms with van der Waals surface area (Å²) in [6.07, 6.45) is 3.01. The standard InChI is InChI=1S/C13H13FN2/c14-12-6-2-1-4-10(12)7-8-11-5-3-9-16-13(11)15/h1-6,9H,7-8H2,(H2,15,16). The lowest BCUT2D eigenvalue weighted by atomic mass is 10.0. The second kappa shape index (κ2) is 4.75. The SMILES string of the molecule is Nc1ncccc1CCc1ccccc1F. The summed E-state index contributed by atoms with van der Waals surface area (Å²) in [4.78, 5) is 4.00. The Morgan fingerprint density at radius 2 is 1.69 bits per heavy atom. The summed E-state index contributed by atoms with van der Waals surface area (Å²) >= 11 is 0. The molecule has 0 aliphatic rings. The highest BCUT2D eigenvalue weighted by atomic mass is 19.1. The van der Waals surface area contributed by atoms with E-state index in [0.717, 1.165) is 5.56 Å². The first-order valence-corrected chi connectivity index (χ1v) is 5.20. The van der Waals surface area contributed by atoms with E-state index in [-0.39, 0.29) is 5.82 Å². The fraction of sp³-hybridized carbons (Fsp3) is 0.154. The molecule has 0 saturated heterocycles. The lowest BCUT2D eigenvalue weighted by molar-refractivity contribution is 0.608. The summed E-state index contributed by atoms with van der Waals surface area (Å²) in [7, 11) is 0. The van der Waals surface area contributed by atoms with Crippen LogP contribution >= 0.6 is 0 Å². The van der Waals surface area contributed by atoms with E-state index in [1.54, 1.807) is 18.3 Å². The Labute approximate surface area is 93.9 Å². The molecule has 1 heterocycles. The number of nitrogens with two attached hydrogens (primary N) is 1. The van der Waals surface area contributed by atoms with Gasteiger partial charge in [-0.2, -0.15) is 0 Å². The van der Waals surface area contributed by atoms with Crippen LogP contribution in [-0.4, -0.2) is 4.98 Å². The normalized spacial score (nSPS) is 10.3. The van der Waals surface area contributed by atoms with Crippen LogP contribution in [0.15, 0.2) is 42.6 Å². The predicted molar refractivity (Wildman–Crippen MR) is 62.5 cm³/mol. The molecule has 0 aliphatic carbocycles. The summed E-state index contributed by atoms with van der Waals surface area (Å²) in [6, 6.07) is 10.6.